The van der Waals surface area contributed by atoms with Crippen LogP contribution in [0, 0.1) is 6.92 Å². The van der Waals surface area contributed by atoms with Crippen molar-refractivity contribution in [2.75, 3.05) is 5.75 Å². The van der Waals surface area contributed by atoms with E-state index in [1.807, 2.05) is 60.0 Å². The molecule has 4 aromatic rings. The number of carbonyl (C=O) groups is 1. The number of halogens is 1. The van der Waals surface area contributed by atoms with Gasteiger partial charge in [0.25, 0.3) is 11.7 Å². The number of nitrogens with one attached hydrogen (secondary N) is 2. The molecule has 0 aliphatic rings. The maximum Gasteiger partial charge on any atom is 0.342 e. The molecule has 0 fully saturated rings. The molecule has 0 radical (unpaired) electrons. The van der Waals surface area contributed by atoms with E-state index >= 15 is 0 Å². The number of carbonyl (C=O) groups excluding carboxylic acids is 1. The molecule has 3 aromatic carbocycles. The molecule has 2 N–H and O–H groups in total. The molecular weight excluding hydrogens is 458 g/mol. The Morgan fingerprint density at radius 2 is 1.94 bits per heavy atom. The molecule has 1 amide bonds. The third-order valence-electron chi connectivity index (χ3n) is 4.68. The predicted molar refractivity (Wildman–Crippen MR) is 128 cm³/mol. The highest BCUT2D eigenvalue weighted by Crippen LogP contribution is 2.21. The molecule has 0 unspecified atom stereocenters. The second kappa shape index (κ2) is 10.3. The Balaban J connectivity index is 1.51. The lowest BCUT2D eigenvalue weighted by Gasteiger charge is -2.05. The lowest BCUT2D eigenvalue weighted by Crippen LogP contribution is -2.34. The fourth-order valence-electron chi connectivity index (χ4n) is 3.06. The van der Waals surface area contributed by atoms with Crippen molar-refractivity contribution in [1.82, 2.24) is 15.6 Å². The van der Waals surface area contributed by atoms with E-state index in [2.05, 4.69) is 20.7 Å². The van der Waals surface area contributed by atoms with Gasteiger partial charge in [-0.1, -0.05) is 53.6 Å². The van der Waals surface area contributed by atoms with E-state index in [0.29, 0.717) is 15.7 Å². The minimum atomic E-state index is -0.294. The van der Waals surface area contributed by atoms with Crippen LogP contribution in [-0.4, -0.2) is 28.1 Å². The monoisotopic (exact) mass is 477 g/mol. The van der Waals surface area contributed by atoms with Crippen molar-refractivity contribution < 1.29 is 14.5 Å². The Kier molecular flexibility index (Phi) is 7.07. The van der Waals surface area contributed by atoms with Gasteiger partial charge in [0.15, 0.2) is 0 Å². The molecule has 1 aromatic heterocycles. The molecule has 0 atom stereocenters. The van der Waals surface area contributed by atoms with Gasteiger partial charge in [0.1, 0.15) is 5.69 Å². The van der Waals surface area contributed by atoms with Gasteiger partial charge in [-0.2, -0.15) is 9.67 Å². The largest absolute Gasteiger partial charge is 0.872 e. The number of hydrogen-bond acceptors (Lipinski definition) is 5. The van der Waals surface area contributed by atoms with Crippen LogP contribution in [0.1, 0.15) is 11.1 Å². The van der Waals surface area contributed by atoms with Crippen molar-refractivity contribution in [3.05, 3.63) is 88.9 Å². The van der Waals surface area contributed by atoms with Crippen molar-refractivity contribution in [3.8, 4) is 22.8 Å². The average molecular weight is 478 g/mol. The Bertz CT molecular complexity index is 1290. The van der Waals surface area contributed by atoms with Gasteiger partial charge in [-0.3, -0.25) is 4.79 Å². The third kappa shape index (κ3) is 5.79. The fraction of sp³-hybridized carbons (Fsp3) is 0.0833. The molecule has 7 nitrogen and oxygen atoms in total. The maximum absolute atomic E-state index is 12.3. The summed E-state index contributed by atoms with van der Waals surface area (Å²) in [5, 5.41) is 24.1. The Hall–Kier alpha value is -3.62. The van der Waals surface area contributed by atoms with Crippen LogP contribution in [0.5, 0.6) is 5.75 Å². The van der Waals surface area contributed by atoms with E-state index in [0.717, 1.165) is 22.6 Å². The second-order valence-electron chi connectivity index (χ2n) is 7.19. The van der Waals surface area contributed by atoms with Crippen LogP contribution < -0.4 is 15.1 Å². The van der Waals surface area contributed by atoms with Crippen molar-refractivity contribution >= 4 is 35.5 Å². The molecule has 0 aliphatic heterocycles. The summed E-state index contributed by atoms with van der Waals surface area (Å²) >= 11 is 7.34. The summed E-state index contributed by atoms with van der Waals surface area (Å²) in [6, 6.07) is 21.8. The van der Waals surface area contributed by atoms with Gasteiger partial charge in [0.2, 0.25) is 0 Å². The van der Waals surface area contributed by atoms with E-state index < -0.39 is 0 Å². The molecule has 4 rings (SSSR count). The summed E-state index contributed by atoms with van der Waals surface area (Å²) in [5.74, 6) is 0.480. The number of H-pyrrole nitrogens is 1. The molecule has 166 valence electrons. The molecule has 0 saturated carbocycles. The summed E-state index contributed by atoms with van der Waals surface area (Å²) < 4.78 is 1.95. The third-order valence-corrected chi connectivity index (χ3v) is 5.87. The van der Waals surface area contributed by atoms with Crippen molar-refractivity contribution in [2.45, 2.75) is 12.1 Å². The highest BCUT2D eigenvalue weighted by molar-refractivity contribution is 7.99. The zero-order valence-corrected chi connectivity index (χ0v) is 19.2. The molecule has 1 heterocycles. The van der Waals surface area contributed by atoms with Crippen LogP contribution >= 0.6 is 23.4 Å². The number of benzene rings is 3. The minimum absolute atomic E-state index is 0.102. The molecule has 0 bridgehead atoms. The predicted octanol–water partition coefficient (Wildman–Crippen LogP) is 3.63. The van der Waals surface area contributed by atoms with Crippen LogP contribution in [0.15, 0.2) is 83.1 Å². The number of nitrogens with zero attached hydrogens (tertiary/aromatic N) is 3. The van der Waals surface area contributed by atoms with Gasteiger partial charge in [-0.05, 0) is 60.6 Å². The van der Waals surface area contributed by atoms with Gasteiger partial charge in [0.05, 0.1) is 22.6 Å². The summed E-state index contributed by atoms with van der Waals surface area (Å²) in [7, 11) is 0. The summed E-state index contributed by atoms with van der Waals surface area (Å²) in [5.41, 5.74) is 6.08. The van der Waals surface area contributed by atoms with E-state index in [1.165, 1.54) is 30.1 Å². The number of thioether (sulfide) groups is 1. The van der Waals surface area contributed by atoms with Gasteiger partial charge >= 0.3 is 5.16 Å². The fourth-order valence-corrected chi connectivity index (χ4v) is 3.95. The number of hydrazone groups is 1. The molecule has 33 heavy (non-hydrogen) atoms. The second-order valence-corrected chi connectivity index (χ2v) is 8.57. The first-order valence-corrected chi connectivity index (χ1v) is 11.4. The molecule has 0 aliphatic carbocycles. The normalized spacial score (nSPS) is 11.1. The van der Waals surface area contributed by atoms with Crippen molar-refractivity contribution in [3.63, 3.8) is 0 Å². The molecule has 9 heteroatoms. The zero-order chi connectivity index (χ0) is 23.2. The van der Waals surface area contributed by atoms with E-state index in [1.54, 1.807) is 12.1 Å². The SMILES string of the molecule is Cc1ccc(-c2[nH]nc(SCC(=O)NN=Cc3cccc([O-])c3)[n+]2-c2ccc(Cl)cc2)cc1. The average Bonchev–Trinajstić information content (AvgIpc) is 3.23. The van der Waals surface area contributed by atoms with Crippen LogP contribution in [0.4, 0.5) is 0 Å². The van der Waals surface area contributed by atoms with Crippen molar-refractivity contribution in [1.29, 1.82) is 0 Å². The molecule has 0 saturated heterocycles. The van der Waals surface area contributed by atoms with E-state index in [4.69, 9.17) is 11.6 Å². The van der Waals surface area contributed by atoms with Crippen molar-refractivity contribution in [2.24, 2.45) is 5.10 Å². The first-order valence-electron chi connectivity index (χ1n) is 10.0. The van der Waals surface area contributed by atoms with Gasteiger partial charge in [-0.15, -0.1) is 10.8 Å². The summed E-state index contributed by atoms with van der Waals surface area (Å²) in [4.78, 5) is 12.3. The smallest absolute Gasteiger partial charge is 0.342 e. The number of aromatic nitrogens is 3. The number of rotatable bonds is 7. The first kappa shape index (κ1) is 22.6. The number of amides is 1. The Labute approximate surface area is 200 Å². The van der Waals surface area contributed by atoms with E-state index in [-0.39, 0.29) is 17.4 Å². The summed E-state index contributed by atoms with van der Waals surface area (Å²) in [6.45, 7) is 2.03. The standard InChI is InChI=1S/C24H20ClN5O2S/c1-16-5-7-18(8-6-16)23-28-29-24(30(23)20-11-9-19(25)10-12-20)33-15-22(32)27-26-14-17-3-2-4-21(31)13-17/h2-14H,15H2,1H3,(H2,27,31,32). The van der Waals surface area contributed by atoms with Crippen LogP contribution in [0.2, 0.25) is 5.02 Å². The quantitative estimate of drug-likeness (QED) is 0.184. The molecule has 0 spiro atoms. The minimum Gasteiger partial charge on any atom is -0.872 e. The van der Waals surface area contributed by atoms with E-state index in [9.17, 15) is 9.90 Å². The van der Waals surface area contributed by atoms with Gasteiger partial charge in [-0.25, -0.2) is 5.43 Å². The Morgan fingerprint density at radius 3 is 2.67 bits per heavy atom. The number of aryl methyl sites for hydroxylation is 1. The summed E-state index contributed by atoms with van der Waals surface area (Å²) in [6.07, 6.45) is 1.43. The Morgan fingerprint density at radius 1 is 1.18 bits per heavy atom. The van der Waals surface area contributed by atoms with Crippen LogP contribution in [-0.2, 0) is 4.79 Å². The maximum atomic E-state index is 12.3. The molecular formula is C24H20ClN5O2S. The topological polar surface area (TPSA) is 97.1 Å². The number of hydrogen-bond donors (Lipinski definition) is 2. The van der Waals surface area contributed by atoms with Gasteiger partial charge in [0, 0.05) is 5.02 Å². The highest BCUT2D eigenvalue weighted by Gasteiger charge is 2.24. The number of aromatic amines is 1. The highest BCUT2D eigenvalue weighted by atomic mass is 35.5. The zero-order valence-electron chi connectivity index (χ0n) is 17.7. The van der Waals surface area contributed by atoms with Crippen LogP contribution in [0.25, 0.3) is 17.1 Å². The first-order chi connectivity index (χ1) is 16.0. The van der Waals surface area contributed by atoms with Gasteiger partial charge < -0.3 is 5.11 Å². The lowest BCUT2D eigenvalue weighted by molar-refractivity contribution is -0.625. The lowest BCUT2D eigenvalue weighted by atomic mass is 10.1. The van der Waals surface area contributed by atoms with Crippen LogP contribution in [0.3, 0.4) is 0 Å².